The lowest BCUT2D eigenvalue weighted by molar-refractivity contribution is 0.0529. The van der Waals surface area contributed by atoms with Gasteiger partial charge in [0.25, 0.3) is 0 Å². The van der Waals surface area contributed by atoms with Crippen LogP contribution in [0.2, 0.25) is 0 Å². The number of ether oxygens (including phenoxy) is 1. The first-order chi connectivity index (χ1) is 11.4. The average molecular weight is 467 g/mol. The van der Waals surface area contributed by atoms with Gasteiger partial charge in [-0.25, -0.2) is 4.79 Å². The Morgan fingerprint density at radius 3 is 2.48 bits per heavy atom. The van der Waals surface area contributed by atoms with Crippen LogP contribution in [0.5, 0.6) is 0 Å². The topological polar surface area (TPSA) is 105 Å². The quantitative estimate of drug-likeness (QED) is 0.241. The van der Waals surface area contributed by atoms with Crippen LogP contribution in [-0.2, 0) is 17.7 Å². The molecule has 3 N–H and O–H groups in total. The van der Waals surface area contributed by atoms with Crippen LogP contribution >= 0.6 is 24.0 Å². The molecule has 25 heavy (non-hydrogen) atoms. The van der Waals surface area contributed by atoms with Gasteiger partial charge in [0.05, 0.1) is 0 Å². The molecule has 0 atom stereocenters. The second-order valence-electron chi connectivity index (χ2n) is 6.15. The summed E-state index contributed by atoms with van der Waals surface area (Å²) in [5.74, 6) is 1.63. The molecular formula is C15H30IN7O2. The standard InChI is InChI=1S/C15H29N7O2.HI/c1-6-12-21-20-11-22(12)10-9-18-13(16-5)17-7-8-19-14(23)24-15(2,3)4;/h11H,6-10H2,1-5H3,(H,19,23)(H2,16,17,18);1H. The lowest BCUT2D eigenvalue weighted by Gasteiger charge is -2.20. The number of aryl methyl sites for hydroxylation is 1. The molecule has 0 aliphatic carbocycles. The van der Waals surface area contributed by atoms with E-state index in [2.05, 4.69) is 31.1 Å². The van der Waals surface area contributed by atoms with E-state index in [1.54, 1.807) is 13.4 Å². The fraction of sp³-hybridized carbons (Fsp3) is 0.733. The average Bonchev–Trinajstić information content (AvgIpc) is 2.95. The second kappa shape index (κ2) is 11.9. The van der Waals surface area contributed by atoms with E-state index in [-0.39, 0.29) is 24.0 Å². The molecule has 1 aromatic rings. The summed E-state index contributed by atoms with van der Waals surface area (Å²) in [6, 6.07) is 0. The minimum atomic E-state index is -0.491. The van der Waals surface area contributed by atoms with Crippen LogP contribution in [0.1, 0.15) is 33.5 Å². The monoisotopic (exact) mass is 467 g/mol. The van der Waals surface area contributed by atoms with E-state index in [0.29, 0.717) is 25.6 Å². The van der Waals surface area contributed by atoms with Crippen molar-refractivity contribution in [1.82, 2.24) is 30.7 Å². The SMILES string of the molecule is CCc1nncn1CCNC(=NC)NCCNC(=O)OC(C)(C)C.I. The zero-order valence-electron chi connectivity index (χ0n) is 15.6. The number of hydrogen-bond acceptors (Lipinski definition) is 5. The van der Waals surface area contributed by atoms with Crippen LogP contribution in [0.3, 0.4) is 0 Å². The number of halogens is 1. The van der Waals surface area contributed by atoms with Gasteiger partial charge in [0.1, 0.15) is 17.8 Å². The van der Waals surface area contributed by atoms with Gasteiger partial charge in [-0.3, -0.25) is 4.99 Å². The van der Waals surface area contributed by atoms with Crippen LogP contribution in [0, 0.1) is 0 Å². The highest BCUT2D eigenvalue weighted by molar-refractivity contribution is 14.0. The third-order valence-electron chi connectivity index (χ3n) is 2.97. The van der Waals surface area contributed by atoms with E-state index in [4.69, 9.17) is 4.74 Å². The van der Waals surface area contributed by atoms with Gasteiger partial charge in [0.2, 0.25) is 0 Å². The Balaban J connectivity index is 0.00000576. The number of rotatable bonds is 7. The van der Waals surface area contributed by atoms with Crippen LogP contribution in [0.25, 0.3) is 0 Å². The fourth-order valence-electron chi connectivity index (χ4n) is 1.91. The molecule has 0 unspecified atom stereocenters. The van der Waals surface area contributed by atoms with Crippen molar-refractivity contribution in [3.05, 3.63) is 12.2 Å². The molecule has 1 rings (SSSR count). The summed E-state index contributed by atoms with van der Waals surface area (Å²) in [5.41, 5.74) is -0.491. The molecule has 0 saturated carbocycles. The summed E-state index contributed by atoms with van der Waals surface area (Å²) in [5, 5.41) is 17.0. The summed E-state index contributed by atoms with van der Waals surface area (Å²) in [6.07, 6.45) is 2.15. The smallest absolute Gasteiger partial charge is 0.407 e. The van der Waals surface area contributed by atoms with E-state index in [1.165, 1.54) is 0 Å². The number of amides is 1. The van der Waals surface area contributed by atoms with E-state index in [0.717, 1.165) is 18.8 Å². The second-order valence-corrected chi connectivity index (χ2v) is 6.15. The lowest BCUT2D eigenvalue weighted by Crippen LogP contribution is -2.43. The Labute approximate surface area is 166 Å². The molecule has 0 bridgehead atoms. The Hall–Kier alpha value is -1.59. The summed E-state index contributed by atoms with van der Waals surface area (Å²) >= 11 is 0. The summed E-state index contributed by atoms with van der Waals surface area (Å²) in [4.78, 5) is 15.7. The number of alkyl carbamates (subject to hydrolysis) is 1. The van der Waals surface area contributed by atoms with Crippen molar-refractivity contribution >= 4 is 36.0 Å². The Kier molecular flexibility index (Phi) is 11.1. The number of guanidine groups is 1. The predicted octanol–water partition coefficient (Wildman–Crippen LogP) is 1.15. The highest BCUT2D eigenvalue weighted by Crippen LogP contribution is 2.05. The van der Waals surface area contributed by atoms with Crippen molar-refractivity contribution in [2.24, 2.45) is 4.99 Å². The van der Waals surface area contributed by atoms with Gasteiger partial charge < -0.3 is 25.3 Å². The normalized spacial score (nSPS) is 11.5. The van der Waals surface area contributed by atoms with E-state index in [9.17, 15) is 4.79 Å². The highest BCUT2D eigenvalue weighted by atomic mass is 127. The maximum absolute atomic E-state index is 11.5. The van der Waals surface area contributed by atoms with Gasteiger partial charge in [-0.1, -0.05) is 6.92 Å². The maximum atomic E-state index is 11.5. The predicted molar refractivity (Wildman–Crippen MR) is 108 cm³/mol. The lowest BCUT2D eigenvalue weighted by atomic mass is 10.2. The van der Waals surface area contributed by atoms with Crippen molar-refractivity contribution in [3.8, 4) is 0 Å². The van der Waals surface area contributed by atoms with Gasteiger partial charge in [-0.15, -0.1) is 34.2 Å². The van der Waals surface area contributed by atoms with Crippen molar-refractivity contribution in [2.45, 2.75) is 46.3 Å². The molecule has 1 heterocycles. The van der Waals surface area contributed by atoms with Crippen molar-refractivity contribution < 1.29 is 9.53 Å². The van der Waals surface area contributed by atoms with Gasteiger partial charge in [0, 0.05) is 39.6 Å². The molecule has 0 radical (unpaired) electrons. The molecule has 1 aromatic heterocycles. The molecule has 0 spiro atoms. The van der Waals surface area contributed by atoms with Gasteiger partial charge in [0.15, 0.2) is 5.96 Å². The maximum Gasteiger partial charge on any atom is 0.407 e. The van der Waals surface area contributed by atoms with Crippen molar-refractivity contribution in [2.75, 3.05) is 26.7 Å². The van der Waals surface area contributed by atoms with Crippen molar-refractivity contribution in [1.29, 1.82) is 0 Å². The number of nitrogens with zero attached hydrogens (tertiary/aromatic N) is 4. The summed E-state index contributed by atoms with van der Waals surface area (Å²) in [6.45, 7) is 9.99. The fourth-order valence-corrected chi connectivity index (χ4v) is 1.91. The summed E-state index contributed by atoms with van der Waals surface area (Å²) in [7, 11) is 1.70. The number of nitrogens with one attached hydrogen (secondary N) is 3. The van der Waals surface area contributed by atoms with Crippen LogP contribution in [-0.4, -0.2) is 59.1 Å². The van der Waals surface area contributed by atoms with Gasteiger partial charge in [-0.05, 0) is 20.8 Å². The Morgan fingerprint density at radius 1 is 1.24 bits per heavy atom. The Bertz CT molecular complexity index is 540. The first kappa shape index (κ1) is 23.4. The first-order valence-corrected chi connectivity index (χ1v) is 8.13. The Morgan fingerprint density at radius 2 is 1.88 bits per heavy atom. The zero-order valence-corrected chi connectivity index (χ0v) is 18.0. The van der Waals surface area contributed by atoms with Gasteiger partial charge in [-0.2, -0.15) is 0 Å². The molecule has 0 fully saturated rings. The van der Waals surface area contributed by atoms with E-state index >= 15 is 0 Å². The third kappa shape index (κ3) is 10.1. The molecule has 1 amide bonds. The number of carbonyl (C=O) groups is 1. The number of aliphatic imine (C=N–C) groups is 1. The number of aromatic nitrogens is 3. The first-order valence-electron chi connectivity index (χ1n) is 8.13. The van der Waals surface area contributed by atoms with Crippen LogP contribution in [0.15, 0.2) is 11.3 Å². The van der Waals surface area contributed by atoms with Crippen molar-refractivity contribution in [3.63, 3.8) is 0 Å². The molecule has 9 nitrogen and oxygen atoms in total. The molecule has 0 aliphatic rings. The molecule has 10 heteroatoms. The minimum Gasteiger partial charge on any atom is -0.444 e. The molecule has 144 valence electrons. The number of carbonyl (C=O) groups excluding carboxylic acids is 1. The molecule has 0 aliphatic heterocycles. The van der Waals surface area contributed by atoms with E-state index < -0.39 is 11.7 Å². The van der Waals surface area contributed by atoms with Gasteiger partial charge >= 0.3 is 6.09 Å². The van der Waals surface area contributed by atoms with E-state index in [1.807, 2.05) is 32.3 Å². The number of hydrogen-bond donors (Lipinski definition) is 3. The minimum absolute atomic E-state index is 0. The largest absolute Gasteiger partial charge is 0.444 e. The molecular weight excluding hydrogens is 437 g/mol. The zero-order chi connectivity index (χ0) is 18.0. The van der Waals surface area contributed by atoms with Crippen LogP contribution in [0.4, 0.5) is 4.79 Å². The van der Waals surface area contributed by atoms with Crippen LogP contribution < -0.4 is 16.0 Å². The highest BCUT2D eigenvalue weighted by Gasteiger charge is 2.15. The summed E-state index contributed by atoms with van der Waals surface area (Å²) < 4.78 is 7.17. The molecule has 0 aromatic carbocycles. The molecule has 0 saturated heterocycles. The third-order valence-corrected chi connectivity index (χ3v) is 2.97.